The maximum absolute atomic E-state index is 13.1. The standard InChI is InChI=1S/C17H15BrFN/c18-10-3-11-20-16-5-2-1-4-14(16)12-17(20)13-6-8-15(19)9-7-13/h1-2,4-9,12H,3,10-11H2. The van der Waals surface area contributed by atoms with Crippen LogP contribution in [0.3, 0.4) is 0 Å². The van der Waals surface area contributed by atoms with Gasteiger partial charge in [0, 0.05) is 28.5 Å². The molecule has 3 rings (SSSR count). The van der Waals surface area contributed by atoms with E-state index in [0.29, 0.717) is 0 Å². The lowest BCUT2D eigenvalue weighted by Crippen LogP contribution is -2.00. The molecule has 20 heavy (non-hydrogen) atoms. The first-order valence-corrected chi connectivity index (χ1v) is 7.82. The fourth-order valence-corrected chi connectivity index (χ4v) is 2.78. The summed E-state index contributed by atoms with van der Waals surface area (Å²) in [5.41, 5.74) is 3.43. The average molecular weight is 332 g/mol. The molecule has 3 heteroatoms. The molecule has 0 atom stereocenters. The summed E-state index contributed by atoms with van der Waals surface area (Å²) < 4.78 is 15.4. The second-order valence-corrected chi connectivity index (χ2v) is 5.58. The van der Waals surface area contributed by atoms with Crippen molar-refractivity contribution in [3.63, 3.8) is 0 Å². The van der Waals surface area contributed by atoms with Crippen molar-refractivity contribution in [1.29, 1.82) is 0 Å². The van der Waals surface area contributed by atoms with Gasteiger partial charge in [0.25, 0.3) is 0 Å². The Kier molecular flexibility index (Phi) is 3.88. The zero-order valence-corrected chi connectivity index (χ0v) is 12.6. The SMILES string of the molecule is Fc1ccc(-c2cc3ccccc3n2CCCBr)cc1. The first-order valence-electron chi connectivity index (χ1n) is 6.70. The van der Waals surface area contributed by atoms with Crippen molar-refractivity contribution in [2.75, 3.05) is 5.33 Å². The first-order chi connectivity index (χ1) is 9.79. The normalized spacial score (nSPS) is 11.1. The van der Waals surface area contributed by atoms with Crippen LogP contribution in [0.25, 0.3) is 22.2 Å². The van der Waals surface area contributed by atoms with Gasteiger partial charge in [-0.25, -0.2) is 4.39 Å². The highest BCUT2D eigenvalue weighted by Crippen LogP contribution is 2.28. The molecule has 0 radical (unpaired) electrons. The Morgan fingerprint density at radius 1 is 1.00 bits per heavy atom. The summed E-state index contributed by atoms with van der Waals surface area (Å²) in [6.45, 7) is 0.950. The fraction of sp³-hybridized carbons (Fsp3) is 0.176. The number of hydrogen-bond acceptors (Lipinski definition) is 0. The van der Waals surface area contributed by atoms with Crippen LogP contribution in [0.5, 0.6) is 0 Å². The minimum Gasteiger partial charge on any atom is -0.340 e. The molecule has 0 aliphatic carbocycles. The van der Waals surface area contributed by atoms with E-state index >= 15 is 0 Å². The van der Waals surface area contributed by atoms with Gasteiger partial charge in [-0.2, -0.15) is 0 Å². The third-order valence-electron chi connectivity index (χ3n) is 3.47. The van der Waals surface area contributed by atoms with Gasteiger partial charge in [-0.3, -0.25) is 0 Å². The topological polar surface area (TPSA) is 4.93 Å². The lowest BCUT2D eigenvalue weighted by molar-refractivity contribution is 0.628. The molecular formula is C17H15BrFN. The summed E-state index contributed by atoms with van der Waals surface area (Å²) in [5.74, 6) is -0.197. The molecule has 1 aromatic heterocycles. The Morgan fingerprint density at radius 2 is 1.75 bits per heavy atom. The molecule has 0 N–H and O–H groups in total. The Balaban J connectivity index is 2.15. The largest absolute Gasteiger partial charge is 0.340 e. The molecule has 0 saturated carbocycles. The maximum atomic E-state index is 13.1. The number of fused-ring (bicyclic) bond motifs is 1. The minimum absolute atomic E-state index is 0.197. The highest BCUT2D eigenvalue weighted by Gasteiger charge is 2.10. The van der Waals surface area contributed by atoms with Crippen LogP contribution in [0.2, 0.25) is 0 Å². The Hall–Kier alpha value is -1.61. The van der Waals surface area contributed by atoms with Crippen LogP contribution in [0.1, 0.15) is 6.42 Å². The molecule has 0 spiro atoms. The predicted molar refractivity (Wildman–Crippen MR) is 85.7 cm³/mol. The molecule has 0 amide bonds. The van der Waals surface area contributed by atoms with E-state index in [1.165, 1.54) is 23.0 Å². The molecule has 0 unspecified atom stereocenters. The number of rotatable bonds is 4. The maximum Gasteiger partial charge on any atom is 0.123 e. The number of benzene rings is 2. The van der Waals surface area contributed by atoms with Crippen molar-refractivity contribution >= 4 is 26.8 Å². The zero-order valence-electron chi connectivity index (χ0n) is 11.0. The van der Waals surface area contributed by atoms with Gasteiger partial charge in [0.05, 0.1) is 0 Å². The number of halogens is 2. The number of nitrogens with zero attached hydrogens (tertiary/aromatic N) is 1. The number of alkyl halides is 1. The Labute approximate surface area is 126 Å². The summed E-state index contributed by atoms with van der Waals surface area (Å²) in [5, 5.41) is 2.20. The molecule has 102 valence electrons. The van der Waals surface area contributed by atoms with Gasteiger partial charge in [-0.1, -0.05) is 34.1 Å². The van der Waals surface area contributed by atoms with Crippen molar-refractivity contribution < 1.29 is 4.39 Å². The Bertz CT molecular complexity index is 715. The van der Waals surface area contributed by atoms with Crippen LogP contribution in [0.4, 0.5) is 4.39 Å². The third-order valence-corrected chi connectivity index (χ3v) is 4.03. The first kappa shape index (κ1) is 13.4. The van der Waals surface area contributed by atoms with E-state index in [9.17, 15) is 4.39 Å². The van der Waals surface area contributed by atoms with Gasteiger partial charge in [0.2, 0.25) is 0 Å². The molecule has 3 aromatic rings. The molecule has 0 bridgehead atoms. The quantitative estimate of drug-likeness (QED) is 0.576. The average Bonchev–Trinajstić information content (AvgIpc) is 2.84. The van der Waals surface area contributed by atoms with Gasteiger partial charge in [-0.15, -0.1) is 0 Å². The highest BCUT2D eigenvalue weighted by atomic mass is 79.9. The molecule has 0 saturated heterocycles. The molecule has 2 aromatic carbocycles. The van der Waals surface area contributed by atoms with E-state index in [0.717, 1.165) is 29.6 Å². The lowest BCUT2D eigenvalue weighted by atomic mass is 10.1. The van der Waals surface area contributed by atoms with Gasteiger partial charge in [0.1, 0.15) is 5.82 Å². The smallest absolute Gasteiger partial charge is 0.123 e. The predicted octanol–water partition coefficient (Wildman–Crippen LogP) is 5.23. The highest BCUT2D eigenvalue weighted by molar-refractivity contribution is 9.09. The van der Waals surface area contributed by atoms with E-state index in [-0.39, 0.29) is 5.82 Å². The Morgan fingerprint density at radius 3 is 2.50 bits per heavy atom. The van der Waals surface area contributed by atoms with Gasteiger partial charge < -0.3 is 4.57 Å². The van der Waals surface area contributed by atoms with Crippen LogP contribution < -0.4 is 0 Å². The van der Waals surface area contributed by atoms with Crippen molar-refractivity contribution in [3.8, 4) is 11.3 Å². The van der Waals surface area contributed by atoms with Crippen LogP contribution in [-0.4, -0.2) is 9.90 Å². The second-order valence-electron chi connectivity index (χ2n) is 4.79. The van der Waals surface area contributed by atoms with E-state index in [2.05, 4.69) is 44.8 Å². The summed E-state index contributed by atoms with van der Waals surface area (Å²) in [6, 6.07) is 17.2. The van der Waals surface area contributed by atoms with Crippen molar-refractivity contribution in [2.24, 2.45) is 0 Å². The van der Waals surface area contributed by atoms with Crippen LogP contribution >= 0.6 is 15.9 Å². The van der Waals surface area contributed by atoms with E-state index in [1.807, 2.05) is 18.2 Å². The van der Waals surface area contributed by atoms with Crippen molar-refractivity contribution in [2.45, 2.75) is 13.0 Å². The number of aryl methyl sites for hydroxylation is 1. The summed E-state index contributed by atoms with van der Waals surface area (Å²) in [7, 11) is 0. The molecule has 0 aliphatic heterocycles. The van der Waals surface area contributed by atoms with E-state index in [1.54, 1.807) is 0 Å². The second kappa shape index (κ2) is 5.80. The van der Waals surface area contributed by atoms with Crippen LogP contribution in [-0.2, 0) is 6.54 Å². The van der Waals surface area contributed by atoms with Gasteiger partial charge in [-0.05, 0) is 48.4 Å². The lowest BCUT2D eigenvalue weighted by Gasteiger charge is -2.10. The van der Waals surface area contributed by atoms with Gasteiger partial charge >= 0.3 is 0 Å². The minimum atomic E-state index is -0.197. The van der Waals surface area contributed by atoms with Crippen LogP contribution in [0, 0.1) is 5.82 Å². The fourth-order valence-electron chi connectivity index (χ4n) is 2.53. The molecular weight excluding hydrogens is 317 g/mol. The number of para-hydroxylation sites is 1. The summed E-state index contributed by atoms with van der Waals surface area (Å²) in [6.07, 6.45) is 1.06. The van der Waals surface area contributed by atoms with Crippen LogP contribution in [0.15, 0.2) is 54.6 Å². The summed E-state index contributed by atoms with van der Waals surface area (Å²) >= 11 is 3.49. The van der Waals surface area contributed by atoms with E-state index < -0.39 is 0 Å². The van der Waals surface area contributed by atoms with E-state index in [4.69, 9.17) is 0 Å². The number of hydrogen-bond donors (Lipinski definition) is 0. The van der Waals surface area contributed by atoms with Crippen molar-refractivity contribution in [1.82, 2.24) is 4.57 Å². The summed E-state index contributed by atoms with van der Waals surface area (Å²) in [4.78, 5) is 0. The zero-order chi connectivity index (χ0) is 13.9. The molecule has 0 aliphatic rings. The third kappa shape index (κ3) is 2.50. The number of aromatic nitrogens is 1. The molecule has 1 heterocycles. The van der Waals surface area contributed by atoms with Gasteiger partial charge in [0.15, 0.2) is 0 Å². The molecule has 1 nitrogen and oxygen atoms in total. The molecule has 0 fully saturated rings. The monoisotopic (exact) mass is 331 g/mol. The van der Waals surface area contributed by atoms with Crippen molar-refractivity contribution in [3.05, 3.63) is 60.4 Å².